The minimum absolute atomic E-state index is 0.117. The van der Waals surface area contributed by atoms with Crippen LogP contribution in [0.3, 0.4) is 0 Å². The van der Waals surface area contributed by atoms with E-state index >= 15 is 0 Å². The molecule has 7 nitrogen and oxygen atoms in total. The Morgan fingerprint density at radius 3 is 2.90 bits per heavy atom. The van der Waals surface area contributed by atoms with Gasteiger partial charge in [0.15, 0.2) is 5.96 Å². The van der Waals surface area contributed by atoms with Crippen molar-refractivity contribution in [2.24, 2.45) is 16.6 Å². The lowest BCUT2D eigenvalue weighted by atomic mass is 9.97. The number of pyridine rings is 1. The Hall–Kier alpha value is -3.09. The summed E-state index contributed by atoms with van der Waals surface area (Å²) in [6.07, 6.45) is 3.59. The highest BCUT2D eigenvalue weighted by Crippen LogP contribution is 2.24. The number of amides is 1. The van der Waals surface area contributed by atoms with Gasteiger partial charge in [-0.1, -0.05) is 42.8 Å². The molecular formula is C24H34N6O. The zero-order chi connectivity index (χ0) is 22.2. The van der Waals surface area contributed by atoms with Crippen molar-refractivity contribution in [1.82, 2.24) is 15.6 Å². The van der Waals surface area contributed by atoms with Gasteiger partial charge < -0.3 is 21.3 Å². The summed E-state index contributed by atoms with van der Waals surface area (Å²) in [5, 5.41) is 6.82. The van der Waals surface area contributed by atoms with Crippen molar-refractivity contribution >= 4 is 17.7 Å². The van der Waals surface area contributed by atoms with Crippen LogP contribution in [0.25, 0.3) is 0 Å². The molecule has 166 valence electrons. The Morgan fingerprint density at radius 1 is 1.32 bits per heavy atom. The number of rotatable bonds is 7. The average Bonchev–Trinajstić information content (AvgIpc) is 2.79. The van der Waals surface area contributed by atoms with Gasteiger partial charge in [0.1, 0.15) is 5.82 Å². The summed E-state index contributed by atoms with van der Waals surface area (Å²) in [6, 6.07) is 12.6. The first-order chi connectivity index (χ1) is 15.0. The quantitative estimate of drug-likeness (QED) is 0.471. The number of carbonyl (C=O) groups excluding carboxylic acids is 1. The second kappa shape index (κ2) is 10.8. The molecule has 0 aliphatic carbocycles. The summed E-state index contributed by atoms with van der Waals surface area (Å²) in [5.74, 6) is 1.68. The number of nitrogens with one attached hydrogen (secondary N) is 2. The van der Waals surface area contributed by atoms with Gasteiger partial charge >= 0.3 is 0 Å². The van der Waals surface area contributed by atoms with Gasteiger partial charge in [-0.15, -0.1) is 0 Å². The van der Waals surface area contributed by atoms with Gasteiger partial charge in [-0.3, -0.25) is 9.79 Å². The molecule has 1 aromatic carbocycles. The number of piperidine rings is 1. The zero-order valence-electron chi connectivity index (χ0n) is 18.8. The third-order valence-electron chi connectivity index (χ3n) is 5.85. The molecule has 0 radical (unpaired) electrons. The van der Waals surface area contributed by atoms with Crippen molar-refractivity contribution in [3.8, 4) is 0 Å². The van der Waals surface area contributed by atoms with Crippen LogP contribution in [0, 0.1) is 12.8 Å². The van der Waals surface area contributed by atoms with Crippen LogP contribution >= 0.6 is 0 Å². The number of nitrogens with two attached hydrogens (primary N) is 1. The van der Waals surface area contributed by atoms with E-state index in [9.17, 15) is 4.79 Å². The highest BCUT2D eigenvalue weighted by atomic mass is 16.1. The molecule has 2 atom stereocenters. The summed E-state index contributed by atoms with van der Waals surface area (Å²) in [5.41, 5.74) is 9.20. The molecule has 0 spiro atoms. The molecule has 3 rings (SSSR count). The SMILES string of the molecule is CN=C(NCc1cccnc1N1CCCC(C(N)=O)C1)NCC(C)c1cccc(C)c1. The van der Waals surface area contributed by atoms with Crippen LogP contribution in [-0.2, 0) is 11.3 Å². The number of benzene rings is 1. The Bertz CT molecular complexity index is 912. The Morgan fingerprint density at radius 2 is 2.16 bits per heavy atom. The van der Waals surface area contributed by atoms with Gasteiger partial charge in [-0.2, -0.15) is 0 Å². The van der Waals surface area contributed by atoms with E-state index in [0.717, 1.165) is 43.3 Å². The number of hydrogen-bond donors (Lipinski definition) is 3. The first kappa shape index (κ1) is 22.6. The van der Waals surface area contributed by atoms with Crippen LogP contribution < -0.4 is 21.3 Å². The van der Waals surface area contributed by atoms with Crippen LogP contribution in [0.2, 0.25) is 0 Å². The molecular weight excluding hydrogens is 388 g/mol. The molecule has 31 heavy (non-hydrogen) atoms. The van der Waals surface area contributed by atoms with E-state index in [1.54, 1.807) is 13.2 Å². The number of nitrogens with zero attached hydrogens (tertiary/aromatic N) is 3. The van der Waals surface area contributed by atoms with Gasteiger partial charge in [0, 0.05) is 45.0 Å². The Labute approximate surface area is 185 Å². The maximum atomic E-state index is 11.7. The first-order valence-corrected chi connectivity index (χ1v) is 11.0. The van der Waals surface area contributed by atoms with E-state index in [-0.39, 0.29) is 11.8 Å². The number of hydrogen-bond acceptors (Lipinski definition) is 4. The summed E-state index contributed by atoms with van der Waals surface area (Å²) in [6.45, 7) is 7.22. The van der Waals surface area contributed by atoms with Crippen LogP contribution in [0.1, 0.15) is 42.4 Å². The number of aromatic nitrogens is 1. The van der Waals surface area contributed by atoms with E-state index in [4.69, 9.17) is 5.73 Å². The highest BCUT2D eigenvalue weighted by molar-refractivity contribution is 5.80. The zero-order valence-corrected chi connectivity index (χ0v) is 18.8. The van der Waals surface area contributed by atoms with Crippen molar-refractivity contribution in [3.05, 3.63) is 59.3 Å². The first-order valence-electron chi connectivity index (χ1n) is 11.0. The maximum absolute atomic E-state index is 11.7. The van der Waals surface area contributed by atoms with E-state index < -0.39 is 0 Å². The normalized spacial score (nSPS) is 17.8. The van der Waals surface area contributed by atoms with Crippen LogP contribution in [-0.4, -0.2) is 43.5 Å². The molecule has 2 unspecified atom stereocenters. The predicted octanol–water partition coefficient (Wildman–Crippen LogP) is 2.56. The predicted molar refractivity (Wildman–Crippen MR) is 126 cm³/mol. The number of aryl methyl sites for hydroxylation is 1. The monoisotopic (exact) mass is 422 g/mol. The molecule has 1 amide bonds. The fourth-order valence-corrected chi connectivity index (χ4v) is 4.00. The topological polar surface area (TPSA) is 95.6 Å². The largest absolute Gasteiger partial charge is 0.369 e. The smallest absolute Gasteiger partial charge is 0.222 e. The second-order valence-corrected chi connectivity index (χ2v) is 8.30. The van der Waals surface area contributed by atoms with Gasteiger partial charge in [0.2, 0.25) is 5.91 Å². The Balaban J connectivity index is 1.59. The summed E-state index contributed by atoms with van der Waals surface area (Å²) >= 11 is 0. The molecule has 0 saturated carbocycles. The third kappa shape index (κ3) is 6.20. The molecule has 1 aliphatic heterocycles. The number of guanidine groups is 1. The van der Waals surface area contributed by atoms with Gasteiger partial charge in [-0.05, 0) is 37.3 Å². The Kier molecular flexibility index (Phi) is 7.87. The molecule has 1 saturated heterocycles. The van der Waals surface area contributed by atoms with Gasteiger partial charge in [0.05, 0.1) is 5.92 Å². The van der Waals surface area contributed by atoms with Gasteiger partial charge in [-0.25, -0.2) is 4.98 Å². The molecule has 4 N–H and O–H groups in total. The van der Waals surface area contributed by atoms with E-state index in [1.807, 2.05) is 6.07 Å². The van der Waals surface area contributed by atoms with Crippen molar-refractivity contribution in [3.63, 3.8) is 0 Å². The van der Waals surface area contributed by atoms with Crippen molar-refractivity contribution in [2.45, 2.75) is 39.2 Å². The van der Waals surface area contributed by atoms with E-state index in [0.29, 0.717) is 19.0 Å². The molecule has 2 aromatic rings. The molecule has 7 heteroatoms. The maximum Gasteiger partial charge on any atom is 0.222 e. The van der Waals surface area contributed by atoms with Crippen LogP contribution in [0.15, 0.2) is 47.6 Å². The molecule has 1 aromatic heterocycles. The molecule has 2 heterocycles. The van der Waals surface area contributed by atoms with Gasteiger partial charge in [0.25, 0.3) is 0 Å². The van der Waals surface area contributed by atoms with E-state index in [1.165, 1.54) is 11.1 Å². The number of primary amides is 1. The summed E-state index contributed by atoms with van der Waals surface area (Å²) < 4.78 is 0. The molecule has 0 bridgehead atoms. The number of anilines is 1. The van der Waals surface area contributed by atoms with Crippen molar-refractivity contribution in [1.29, 1.82) is 0 Å². The molecule has 1 fully saturated rings. The highest BCUT2D eigenvalue weighted by Gasteiger charge is 2.26. The van der Waals surface area contributed by atoms with Crippen molar-refractivity contribution < 1.29 is 4.79 Å². The minimum Gasteiger partial charge on any atom is -0.369 e. The lowest BCUT2D eigenvalue weighted by Crippen LogP contribution is -2.42. The van der Waals surface area contributed by atoms with Crippen molar-refractivity contribution in [2.75, 3.05) is 31.6 Å². The lowest BCUT2D eigenvalue weighted by Gasteiger charge is -2.33. The summed E-state index contributed by atoms with van der Waals surface area (Å²) in [4.78, 5) is 22.8. The molecule has 1 aliphatic rings. The fraction of sp³-hybridized carbons (Fsp3) is 0.458. The van der Waals surface area contributed by atoms with E-state index in [2.05, 4.69) is 69.7 Å². The lowest BCUT2D eigenvalue weighted by molar-refractivity contribution is -0.122. The average molecular weight is 423 g/mol. The number of aliphatic imine (C=N–C) groups is 1. The minimum atomic E-state index is -0.229. The fourth-order valence-electron chi connectivity index (χ4n) is 4.00. The summed E-state index contributed by atoms with van der Waals surface area (Å²) in [7, 11) is 1.78. The third-order valence-corrected chi connectivity index (χ3v) is 5.85. The van der Waals surface area contributed by atoms with Crippen LogP contribution in [0.5, 0.6) is 0 Å². The van der Waals surface area contributed by atoms with Crippen LogP contribution in [0.4, 0.5) is 5.82 Å². The second-order valence-electron chi connectivity index (χ2n) is 8.30. The standard InChI is InChI=1S/C24H34N6O/c1-17-7-4-8-19(13-17)18(2)14-28-24(26-3)29-15-20-9-5-11-27-23(20)30-12-6-10-21(16-30)22(25)31/h4-5,7-9,11,13,18,21H,6,10,12,14-16H2,1-3H3,(H2,25,31)(H2,26,28,29). The number of carbonyl (C=O) groups is 1.